The van der Waals surface area contributed by atoms with E-state index < -0.39 is 0 Å². The fraction of sp³-hybridized carbons (Fsp3) is 0.432. The number of fused-ring (bicyclic) bond motifs is 1. The van der Waals surface area contributed by atoms with Crippen LogP contribution in [0.4, 0.5) is 11.4 Å². The Bertz CT molecular complexity index is 1670. The average Bonchev–Trinajstić information content (AvgIpc) is 3.49. The van der Waals surface area contributed by atoms with E-state index in [1.54, 1.807) is 19.2 Å². The molecule has 0 spiro atoms. The van der Waals surface area contributed by atoms with Crippen molar-refractivity contribution in [1.82, 2.24) is 9.47 Å². The zero-order chi connectivity index (χ0) is 36.0. The van der Waals surface area contributed by atoms with Crippen LogP contribution in [0.25, 0.3) is 16.6 Å². The van der Waals surface area contributed by atoms with Gasteiger partial charge in [-0.15, -0.1) is 0 Å². The summed E-state index contributed by atoms with van der Waals surface area (Å²) in [7, 11) is 1.61. The molecular formula is C37H45BrN4O9. The van der Waals surface area contributed by atoms with Crippen LogP contribution in [-0.4, -0.2) is 113 Å². The molecule has 0 radical (unpaired) electrons. The van der Waals surface area contributed by atoms with E-state index >= 15 is 0 Å². The number of methoxy groups -OCH3 is 1. The van der Waals surface area contributed by atoms with Gasteiger partial charge in [-0.25, -0.2) is 4.79 Å². The summed E-state index contributed by atoms with van der Waals surface area (Å²) in [6.45, 7) is 11.9. The standard InChI is InChI=1S/C29H29BrN4O5.2C4H8O2/c1-3-39-29(35)28-23-17-27(38-2)24(30)18-25(23)33(21-7-5-4-6-8-21)26(28)19-31-13-15-32(16-14-31)20-9-11-22(12-10-20)34(36)37;2*1-2-6-4-3-5-1/h4-12,17-18H,3,13-16,19H2,1-2H3;2*1-4H2. The molecule has 51 heavy (non-hydrogen) atoms. The normalized spacial score (nSPS) is 16.3. The van der Waals surface area contributed by atoms with Crippen molar-refractivity contribution in [2.45, 2.75) is 13.5 Å². The number of nitro benzene ring substituents is 1. The average molecular weight is 770 g/mol. The lowest BCUT2D eigenvalue weighted by atomic mass is 10.1. The van der Waals surface area contributed by atoms with E-state index in [4.69, 9.17) is 28.4 Å². The number of piperazine rings is 1. The molecule has 274 valence electrons. The number of hydrogen-bond acceptors (Lipinski definition) is 11. The van der Waals surface area contributed by atoms with Gasteiger partial charge in [-0.3, -0.25) is 15.0 Å². The highest BCUT2D eigenvalue weighted by molar-refractivity contribution is 9.10. The first-order valence-electron chi connectivity index (χ1n) is 17.1. The molecule has 3 saturated heterocycles. The summed E-state index contributed by atoms with van der Waals surface area (Å²) in [5.41, 5.74) is 4.28. The first kappa shape index (κ1) is 38.2. The van der Waals surface area contributed by atoms with Crippen LogP contribution in [0.1, 0.15) is 23.0 Å². The minimum atomic E-state index is -0.386. The highest BCUT2D eigenvalue weighted by atomic mass is 79.9. The number of nitro groups is 1. The number of nitrogens with zero attached hydrogens (tertiary/aromatic N) is 4. The second-order valence-electron chi connectivity index (χ2n) is 11.7. The topological polar surface area (TPSA) is 127 Å². The number of anilines is 1. The van der Waals surface area contributed by atoms with Gasteiger partial charge in [-0.05, 0) is 59.3 Å². The van der Waals surface area contributed by atoms with E-state index in [0.29, 0.717) is 17.9 Å². The number of rotatable bonds is 8. The van der Waals surface area contributed by atoms with Crippen molar-refractivity contribution < 1.29 is 38.1 Å². The molecule has 3 aliphatic rings. The van der Waals surface area contributed by atoms with Crippen LogP contribution < -0.4 is 9.64 Å². The van der Waals surface area contributed by atoms with Gasteiger partial charge in [0.1, 0.15) is 5.75 Å². The number of halogens is 1. The third-order valence-corrected chi connectivity index (χ3v) is 9.11. The summed E-state index contributed by atoms with van der Waals surface area (Å²) in [5.74, 6) is 0.280. The third-order valence-electron chi connectivity index (χ3n) is 8.49. The lowest BCUT2D eigenvalue weighted by Crippen LogP contribution is -2.46. The molecule has 0 bridgehead atoms. The zero-order valence-electron chi connectivity index (χ0n) is 29.1. The Morgan fingerprint density at radius 1 is 0.824 bits per heavy atom. The Kier molecular flexibility index (Phi) is 14.6. The fourth-order valence-corrected chi connectivity index (χ4v) is 6.48. The predicted octanol–water partition coefficient (Wildman–Crippen LogP) is 5.88. The van der Waals surface area contributed by atoms with Crippen molar-refractivity contribution in [2.75, 3.05) is 97.7 Å². The van der Waals surface area contributed by atoms with Crippen molar-refractivity contribution in [3.63, 3.8) is 0 Å². The number of carbonyl (C=O) groups is 1. The second kappa shape index (κ2) is 19.5. The summed E-state index contributed by atoms with van der Waals surface area (Å²) in [6, 6.07) is 20.5. The molecule has 0 atom stereocenters. The number of benzene rings is 3. The van der Waals surface area contributed by atoms with Gasteiger partial charge in [0.15, 0.2) is 0 Å². The number of non-ortho nitro benzene ring substituents is 1. The minimum Gasteiger partial charge on any atom is -0.496 e. The number of esters is 1. The van der Waals surface area contributed by atoms with Crippen LogP contribution in [0.5, 0.6) is 5.75 Å². The third kappa shape index (κ3) is 10.3. The molecule has 14 heteroatoms. The number of hydrogen-bond donors (Lipinski definition) is 0. The lowest BCUT2D eigenvalue weighted by Gasteiger charge is -2.36. The van der Waals surface area contributed by atoms with Gasteiger partial charge in [0.05, 0.1) is 92.7 Å². The van der Waals surface area contributed by atoms with Crippen LogP contribution in [-0.2, 0) is 30.2 Å². The first-order valence-corrected chi connectivity index (χ1v) is 17.9. The van der Waals surface area contributed by atoms with Crippen LogP contribution in [0, 0.1) is 10.1 Å². The maximum Gasteiger partial charge on any atom is 0.340 e. The molecule has 4 heterocycles. The van der Waals surface area contributed by atoms with Crippen molar-refractivity contribution >= 4 is 44.2 Å². The van der Waals surface area contributed by atoms with Gasteiger partial charge >= 0.3 is 5.97 Å². The second-order valence-corrected chi connectivity index (χ2v) is 12.6. The largest absolute Gasteiger partial charge is 0.496 e. The number of carbonyl (C=O) groups excluding carboxylic acids is 1. The van der Waals surface area contributed by atoms with E-state index in [0.717, 1.165) is 111 Å². The molecule has 0 unspecified atom stereocenters. The molecule has 3 aromatic carbocycles. The molecule has 13 nitrogen and oxygen atoms in total. The maximum atomic E-state index is 13.4. The van der Waals surface area contributed by atoms with Crippen LogP contribution in [0.15, 0.2) is 71.2 Å². The Labute approximate surface area is 306 Å². The molecule has 0 N–H and O–H groups in total. The van der Waals surface area contributed by atoms with Gasteiger partial charge < -0.3 is 37.9 Å². The Morgan fingerprint density at radius 2 is 1.39 bits per heavy atom. The van der Waals surface area contributed by atoms with Gasteiger partial charge in [-0.1, -0.05) is 18.2 Å². The highest BCUT2D eigenvalue weighted by Gasteiger charge is 2.28. The first-order chi connectivity index (χ1) is 24.9. The van der Waals surface area contributed by atoms with E-state index in [9.17, 15) is 14.9 Å². The molecular weight excluding hydrogens is 724 g/mol. The van der Waals surface area contributed by atoms with E-state index in [1.165, 1.54) is 12.1 Å². The number of aromatic nitrogens is 1. The zero-order valence-corrected chi connectivity index (χ0v) is 30.7. The minimum absolute atomic E-state index is 0.0842. The monoisotopic (exact) mass is 768 g/mol. The van der Waals surface area contributed by atoms with Gasteiger partial charge in [0, 0.05) is 61.6 Å². The SMILES string of the molecule is C1COCCO1.C1COCCO1.CCOC(=O)c1c(CN2CCN(c3ccc([N+](=O)[O-])cc3)CC2)n(-c2ccccc2)c2cc(Br)c(OC)cc12. The molecule has 0 saturated carbocycles. The molecule has 4 aromatic rings. The summed E-state index contributed by atoms with van der Waals surface area (Å²) >= 11 is 3.62. The molecule has 3 fully saturated rings. The molecule has 3 aliphatic heterocycles. The van der Waals surface area contributed by atoms with Crippen molar-refractivity contribution in [1.29, 1.82) is 0 Å². The van der Waals surface area contributed by atoms with Gasteiger partial charge in [-0.2, -0.15) is 0 Å². The number of para-hydroxylation sites is 1. The highest BCUT2D eigenvalue weighted by Crippen LogP contribution is 2.38. The maximum absolute atomic E-state index is 13.4. The van der Waals surface area contributed by atoms with Gasteiger partial charge in [0.25, 0.3) is 5.69 Å². The Morgan fingerprint density at radius 3 is 1.88 bits per heavy atom. The lowest BCUT2D eigenvalue weighted by molar-refractivity contribution is -0.384. The van der Waals surface area contributed by atoms with E-state index in [-0.39, 0.29) is 23.2 Å². The summed E-state index contributed by atoms with van der Waals surface area (Å²) < 4.78 is 33.8. The molecule has 7 rings (SSSR count). The summed E-state index contributed by atoms with van der Waals surface area (Å²) in [4.78, 5) is 28.6. The summed E-state index contributed by atoms with van der Waals surface area (Å²) in [6.07, 6.45) is 0. The van der Waals surface area contributed by atoms with Crippen LogP contribution >= 0.6 is 15.9 Å². The molecule has 0 amide bonds. The van der Waals surface area contributed by atoms with E-state index in [1.807, 2.05) is 49.4 Å². The smallest absolute Gasteiger partial charge is 0.340 e. The van der Waals surface area contributed by atoms with Crippen LogP contribution in [0.3, 0.4) is 0 Å². The quantitative estimate of drug-likeness (QED) is 0.121. The number of ether oxygens (including phenoxy) is 6. The van der Waals surface area contributed by atoms with Crippen molar-refractivity contribution in [2.24, 2.45) is 0 Å². The predicted molar refractivity (Wildman–Crippen MR) is 197 cm³/mol. The van der Waals surface area contributed by atoms with Crippen molar-refractivity contribution in [3.8, 4) is 11.4 Å². The fourth-order valence-electron chi connectivity index (χ4n) is 5.99. The Balaban J connectivity index is 0.000000353. The Hall–Kier alpha value is -4.05. The van der Waals surface area contributed by atoms with Gasteiger partial charge in [0.2, 0.25) is 0 Å². The van der Waals surface area contributed by atoms with E-state index in [2.05, 4.69) is 30.3 Å². The molecule has 1 aromatic heterocycles. The van der Waals surface area contributed by atoms with Crippen molar-refractivity contribution in [3.05, 3.63) is 92.6 Å². The summed E-state index contributed by atoms with van der Waals surface area (Å²) in [5, 5.41) is 11.8. The van der Waals surface area contributed by atoms with Crippen LogP contribution in [0.2, 0.25) is 0 Å². The molecule has 0 aliphatic carbocycles.